The molecule has 0 aliphatic carbocycles. The number of halogens is 2. The minimum atomic E-state index is -0.229. The molecule has 2 aromatic carbocycles. The van der Waals surface area contributed by atoms with Crippen molar-refractivity contribution in [1.29, 1.82) is 0 Å². The second kappa shape index (κ2) is 8.62. The Bertz CT molecular complexity index is 748. The molecule has 0 saturated carbocycles. The van der Waals surface area contributed by atoms with E-state index in [-0.39, 0.29) is 12.5 Å². The smallest absolute Gasteiger partial charge is 0.243 e. The van der Waals surface area contributed by atoms with Gasteiger partial charge in [-0.15, -0.1) is 0 Å². The standard InChI is InChI=1S/C18H18Cl2N2O2/c1-12(2)11-24-15-5-3-4-14(9-15)21-10-18(23)22-17-8-13(19)6-7-16(17)20/h3-9,21H,1,10-11H2,2H3,(H,22,23). The highest BCUT2D eigenvalue weighted by Gasteiger charge is 2.07. The average Bonchev–Trinajstić information content (AvgIpc) is 2.55. The predicted molar refractivity (Wildman–Crippen MR) is 100 cm³/mol. The maximum absolute atomic E-state index is 12.0. The van der Waals surface area contributed by atoms with Gasteiger partial charge in [0, 0.05) is 16.8 Å². The highest BCUT2D eigenvalue weighted by molar-refractivity contribution is 6.35. The van der Waals surface area contributed by atoms with Crippen molar-refractivity contribution < 1.29 is 9.53 Å². The number of hydrogen-bond donors (Lipinski definition) is 2. The van der Waals surface area contributed by atoms with E-state index in [0.717, 1.165) is 11.3 Å². The van der Waals surface area contributed by atoms with Gasteiger partial charge in [0.25, 0.3) is 0 Å². The number of amides is 1. The zero-order chi connectivity index (χ0) is 17.5. The normalized spacial score (nSPS) is 10.1. The summed E-state index contributed by atoms with van der Waals surface area (Å²) in [5.41, 5.74) is 2.20. The zero-order valence-electron chi connectivity index (χ0n) is 13.2. The second-order valence-corrected chi connectivity index (χ2v) is 6.14. The second-order valence-electron chi connectivity index (χ2n) is 5.30. The fourth-order valence-electron chi connectivity index (χ4n) is 1.87. The monoisotopic (exact) mass is 364 g/mol. The van der Waals surface area contributed by atoms with Crippen LogP contribution in [0.1, 0.15) is 6.92 Å². The molecule has 0 saturated heterocycles. The van der Waals surface area contributed by atoms with E-state index in [1.165, 1.54) is 0 Å². The van der Waals surface area contributed by atoms with E-state index in [2.05, 4.69) is 17.2 Å². The largest absolute Gasteiger partial charge is 0.489 e. The Morgan fingerprint density at radius 3 is 2.75 bits per heavy atom. The van der Waals surface area contributed by atoms with Crippen LogP contribution in [0.15, 0.2) is 54.6 Å². The van der Waals surface area contributed by atoms with E-state index in [4.69, 9.17) is 27.9 Å². The molecule has 24 heavy (non-hydrogen) atoms. The summed E-state index contributed by atoms with van der Waals surface area (Å²) in [6, 6.07) is 12.3. The van der Waals surface area contributed by atoms with Crippen LogP contribution in [0, 0.1) is 0 Å². The van der Waals surface area contributed by atoms with Gasteiger partial charge >= 0.3 is 0 Å². The van der Waals surface area contributed by atoms with Gasteiger partial charge in [-0.25, -0.2) is 0 Å². The first-order chi connectivity index (χ1) is 11.4. The van der Waals surface area contributed by atoms with Crippen LogP contribution in [0.4, 0.5) is 11.4 Å². The van der Waals surface area contributed by atoms with Crippen molar-refractivity contribution in [2.45, 2.75) is 6.92 Å². The first-order valence-electron chi connectivity index (χ1n) is 7.30. The summed E-state index contributed by atoms with van der Waals surface area (Å²) >= 11 is 11.9. The van der Waals surface area contributed by atoms with Gasteiger partial charge in [0.1, 0.15) is 12.4 Å². The van der Waals surface area contributed by atoms with Crippen molar-refractivity contribution in [2.24, 2.45) is 0 Å². The quantitative estimate of drug-likeness (QED) is 0.679. The number of rotatable bonds is 7. The molecule has 0 bridgehead atoms. The molecule has 0 aromatic heterocycles. The summed E-state index contributed by atoms with van der Waals surface area (Å²) in [4.78, 5) is 12.0. The van der Waals surface area contributed by atoms with E-state index in [1.807, 2.05) is 31.2 Å². The summed E-state index contributed by atoms with van der Waals surface area (Å²) in [5, 5.41) is 6.69. The highest BCUT2D eigenvalue weighted by Crippen LogP contribution is 2.25. The maximum atomic E-state index is 12.0. The van der Waals surface area contributed by atoms with Gasteiger partial charge in [-0.2, -0.15) is 0 Å². The molecule has 0 heterocycles. The first kappa shape index (κ1) is 18.2. The first-order valence-corrected chi connectivity index (χ1v) is 8.05. The zero-order valence-corrected chi connectivity index (χ0v) is 14.7. The predicted octanol–water partition coefficient (Wildman–Crippen LogP) is 5.00. The Hall–Kier alpha value is -2.17. The van der Waals surface area contributed by atoms with Gasteiger partial charge in [0.2, 0.25) is 5.91 Å². The molecule has 4 nitrogen and oxygen atoms in total. The minimum absolute atomic E-state index is 0.0901. The van der Waals surface area contributed by atoms with E-state index >= 15 is 0 Å². The van der Waals surface area contributed by atoms with Crippen LogP contribution in [0.25, 0.3) is 0 Å². The molecule has 0 fully saturated rings. The number of carbonyl (C=O) groups is 1. The summed E-state index contributed by atoms with van der Waals surface area (Å²) in [7, 11) is 0. The molecule has 0 unspecified atom stereocenters. The van der Waals surface area contributed by atoms with Crippen LogP contribution in [-0.2, 0) is 4.79 Å². The van der Waals surface area contributed by atoms with Crippen molar-refractivity contribution in [2.75, 3.05) is 23.8 Å². The molecule has 0 aliphatic rings. The fraction of sp³-hybridized carbons (Fsp3) is 0.167. The lowest BCUT2D eigenvalue weighted by atomic mass is 10.3. The number of carbonyl (C=O) groups excluding carboxylic acids is 1. The molecule has 0 aliphatic heterocycles. The van der Waals surface area contributed by atoms with E-state index < -0.39 is 0 Å². The van der Waals surface area contributed by atoms with Crippen molar-refractivity contribution in [1.82, 2.24) is 0 Å². The van der Waals surface area contributed by atoms with Gasteiger partial charge in [-0.3, -0.25) is 4.79 Å². The van der Waals surface area contributed by atoms with Crippen LogP contribution < -0.4 is 15.4 Å². The van der Waals surface area contributed by atoms with Gasteiger partial charge in [-0.1, -0.05) is 35.8 Å². The minimum Gasteiger partial charge on any atom is -0.489 e. The Balaban J connectivity index is 1.90. The van der Waals surface area contributed by atoms with Crippen LogP contribution in [-0.4, -0.2) is 19.1 Å². The summed E-state index contributed by atoms with van der Waals surface area (Å²) in [6.07, 6.45) is 0. The summed E-state index contributed by atoms with van der Waals surface area (Å²) < 4.78 is 5.57. The molecular weight excluding hydrogens is 347 g/mol. The van der Waals surface area contributed by atoms with E-state index in [0.29, 0.717) is 28.1 Å². The molecule has 2 N–H and O–H groups in total. The molecule has 6 heteroatoms. The number of nitrogens with one attached hydrogen (secondary N) is 2. The van der Waals surface area contributed by atoms with E-state index in [1.54, 1.807) is 18.2 Å². The lowest BCUT2D eigenvalue weighted by molar-refractivity contribution is -0.114. The molecule has 0 atom stereocenters. The van der Waals surface area contributed by atoms with Gasteiger partial charge in [0.15, 0.2) is 0 Å². The number of ether oxygens (including phenoxy) is 1. The molecule has 2 aromatic rings. The van der Waals surface area contributed by atoms with Crippen molar-refractivity contribution in [3.8, 4) is 5.75 Å². The maximum Gasteiger partial charge on any atom is 0.243 e. The number of anilines is 2. The third-order valence-corrected chi connectivity index (χ3v) is 3.54. The van der Waals surface area contributed by atoms with Crippen molar-refractivity contribution in [3.05, 3.63) is 64.7 Å². The Labute approximate surface area is 151 Å². The molecule has 0 radical (unpaired) electrons. The summed E-state index contributed by atoms with van der Waals surface area (Å²) in [5.74, 6) is 0.480. The molecule has 0 spiro atoms. The van der Waals surface area contributed by atoms with Crippen LogP contribution in [0.5, 0.6) is 5.75 Å². The van der Waals surface area contributed by atoms with Crippen LogP contribution in [0.3, 0.4) is 0 Å². The lowest BCUT2D eigenvalue weighted by Gasteiger charge is -2.11. The SMILES string of the molecule is C=C(C)COc1cccc(NCC(=O)Nc2cc(Cl)ccc2Cl)c1. The lowest BCUT2D eigenvalue weighted by Crippen LogP contribution is -2.21. The molecule has 2 rings (SSSR count). The summed E-state index contributed by atoms with van der Waals surface area (Å²) in [6.45, 7) is 6.23. The van der Waals surface area contributed by atoms with Crippen LogP contribution >= 0.6 is 23.2 Å². The van der Waals surface area contributed by atoms with E-state index in [9.17, 15) is 4.79 Å². The fourth-order valence-corrected chi connectivity index (χ4v) is 2.21. The topological polar surface area (TPSA) is 50.4 Å². The van der Waals surface area contributed by atoms with Gasteiger partial charge in [0.05, 0.1) is 17.3 Å². The molecular formula is C18H18Cl2N2O2. The van der Waals surface area contributed by atoms with Crippen molar-refractivity contribution in [3.63, 3.8) is 0 Å². The number of hydrogen-bond acceptors (Lipinski definition) is 3. The Morgan fingerprint density at radius 2 is 2.00 bits per heavy atom. The van der Waals surface area contributed by atoms with Gasteiger partial charge < -0.3 is 15.4 Å². The Kier molecular flexibility index (Phi) is 6.53. The molecule has 126 valence electrons. The third-order valence-electron chi connectivity index (χ3n) is 2.97. The highest BCUT2D eigenvalue weighted by atomic mass is 35.5. The third kappa shape index (κ3) is 5.80. The van der Waals surface area contributed by atoms with Gasteiger partial charge in [-0.05, 0) is 42.8 Å². The Morgan fingerprint density at radius 1 is 1.21 bits per heavy atom. The number of benzene rings is 2. The van der Waals surface area contributed by atoms with Crippen molar-refractivity contribution >= 4 is 40.5 Å². The van der Waals surface area contributed by atoms with Crippen LogP contribution in [0.2, 0.25) is 10.0 Å². The molecule has 1 amide bonds. The average molecular weight is 365 g/mol.